The topological polar surface area (TPSA) is 211 Å². The largest absolute Gasteiger partial charge is 0.508 e. The molecule has 0 saturated heterocycles. The molecule has 200 valence electrons. The highest BCUT2D eigenvalue weighted by molar-refractivity contribution is 5.94. The van der Waals surface area contributed by atoms with Gasteiger partial charge in [-0.15, -0.1) is 0 Å². The number of carboxylic acids is 1. The Bertz CT molecular complexity index is 1060. The summed E-state index contributed by atoms with van der Waals surface area (Å²) >= 11 is 0. The first-order valence-corrected chi connectivity index (χ1v) is 11.5. The van der Waals surface area contributed by atoms with Crippen LogP contribution in [0, 0.1) is 0 Å². The Morgan fingerprint density at radius 2 is 1.27 bits per heavy atom. The Kier molecular flexibility index (Phi) is 11.0. The van der Waals surface area contributed by atoms with Crippen molar-refractivity contribution in [1.82, 2.24) is 16.0 Å². The number of rotatable bonds is 13. The van der Waals surface area contributed by atoms with E-state index in [2.05, 4.69) is 16.0 Å². The second kappa shape index (κ2) is 13.9. The van der Waals surface area contributed by atoms with Crippen LogP contribution in [0.3, 0.4) is 0 Å². The Morgan fingerprint density at radius 3 is 1.81 bits per heavy atom. The van der Waals surface area contributed by atoms with Crippen molar-refractivity contribution in [3.63, 3.8) is 0 Å². The summed E-state index contributed by atoms with van der Waals surface area (Å²) in [6.07, 6.45) is -1.28. The average molecular weight is 517 g/mol. The van der Waals surface area contributed by atoms with E-state index in [0.717, 1.165) is 0 Å². The number of aliphatic hydroxyl groups excluding tert-OH is 2. The highest BCUT2D eigenvalue weighted by atomic mass is 16.4. The molecule has 5 unspecified atom stereocenters. The molecule has 0 aliphatic heterocycles. The third-order valence-electron chi connectivity index (χ3n) is 5.54. The van der Waals surface area contributed by atoms with Crippen molar-refractivity contribution in [2.24, 2.45) is 5.73 Å². The molecule has 2 aromatic rings. The third kappa shape index (κ3) is 9.18. The zero-order valence-corrected chi connectivity index (χ0v) is 20.2. The lowest BCUT2D eigenvalue weighted by Gasteiger charge is -2.25. The number of aromatic hydroxyl groups is 1. The van der Waals surface area contributed by atoms with Gasteiger partial charge >= 0.3 is 5.97 Å². The highest BCUT2D eigenvalue weighted by Gasteiger charge is 2.31. The smallest absolute Gasteiger partial charge is 0.326 e. The van der Waals surface area contributed by atoms with Crippen molar-refractivity contribution in [2.45, 2.75) is 50.0 Å². The molecule has 0 aliphatic carbocycles. The van der Waals surface area contributed by atoms with Gasteiger partial charge in [0, 0.05) is 12.8 Å². The summed E-state index contributed by atoms with van der Waals surface area (Å²) in [5.41, 5.74) is 6.87. The van der Waals surface area contributed by atoms with E-state index >= 15 is 0 Å². The summed E-state index contributed by atoms with van der Waals surface area (Å²) in [5.74, 6) is -3.92. The lowest BCUT2D eigenvalue weighted by molar-refractivity contribution is -0.142. The second-order valence-corrected chi connectivity index (χ2v) is 8.53. The lowest BCUT2D eigenvalue weighted by atomic mass is 10.0. The van der Waals surface area contributed by atoms with Crippen molar-refractivity contribution in [3.05, 3.63) is 65.7 Å². The average Bonchev–Trinajstić information content (AvgIpc) is 2.87. The first-order valence-electron chi connectivity index (χ1n) is 11.5. The first-order chi connectivity index (χ1) is 17.5. The van der Waals surface area contributed by atoms with Gasteiger partial charge in [0.25, 0.3) is 0 Å². The van der Waals surface area contributed by atoms with E-state index in [0.29, 0.717) is 11.1 Å². The number of carboxylic acid groups (broad SMARTS) is 1. The molecular weight excluding hydrogens is 484 g/mol. The van der Waals surface area contributed by atoms with Gasteiger partial charge in [-0.2, -0.15) is 0 Å². The van der Waals surface area contributed by atoms with Crippen molar-refractivity contribution in [1.29, 1.82) is 0 Å². The molecule has 2 rings (SSSR count). The molecule has 0 bridgehead atoms. The molecule has 9 N–H and O–H groups in total. The Morgan fingerprint density at radius 1 is 0.784 bits per heavy atom. The van der Waals surface area contributed by atoms with Crippen LogP contribution in [0.15, 0.2) is 54.6 Å². The van der Waals surface area contributed by atoms with Crippen molar-refractivity contribution < 1.29 is 39.6 Å². The van der Waals surface area contributed by atoms with Crippen LogP contribution in [-0.2, 0) is 32.0 Å². The Labute approximate surface area is 213 Å². The van der Waals surface area contributed by atoms with E-state index in [1.165, 1.54) is 31.2 Å². The predicted octanol–water partition coefficient (Wildman–Crippen LogP) is -1.58. The monoisotopic (exact) mass is 516 g/mol. The maximum Gasteiger partial charge on any atom is 0.326 e. The lowest BCUT2D eigenvalue weighted by Crippen LogP contribution is -2.59. The van der Waals surface area contributed by atoms with Crippen LogP contribution in [0.5, 0.6) is 5.75 Å². The van der Waals surface area contributed by atoms with Gasteiger partial charge in [-0.1, -0.05) is 42.5 Å². The van der Waals surface area contributed by atoms with Gasteiger partial charge in [0.2, 0.25) is 17.7 Å². The summed E-state index contributed by atoms with van der Waals surface area (Å²) in [7, 11) is 0. The molecule has 12 heteroatoms. The molecule has 0 aliphatic rings. The summed E-state index contributed by atoms with van der Waals surface area (Å²) in [4.78, 5) is 49.9. The molecular formula is C25H32N4O8. The van der Waals surface area contributed by atoms with Crippen LogP contribution in [0.25, 0.3) is 0 Å². The molecule has 0 aromatic heterocycles. The molecule has 0 heterocycles. The zero-order valence-electron chi connectivity index (χ0n) is 20.2. The number of benzene rings is 2. The fourth-order valence-corrected chi connectivity index (χ4v) is 3.35. The number of nitrogens with one attached hydrogen (secondary N) is 3. The minimum Gasteiger partial charge on any atom is -0.508 e. The van der Waals surface area contributed by atoms with Crippen LogP contribution in [-0.4, -0.2) is 81.0 Å². The number of phenols is 1. The van der Waals surface area contributed by atoms with Crippen LogP contribution < -0.4 is 21.7 Å². The van der Waals surface area contributed by atoms with E-state index in [9.17, 15) is 39.6 Å². The maximum absolute atomic E-state index is 13.0. The van der Waals surface area contributed by atoms with Gasteiger partial charge in [-0.3, -0.25) is 14.4 Å². The number of carbonyl (C=O) groups excluding carboxylic acids is 3. The van der Waals surface area contributed by atoms with Gasteiger partial charge in [-0.05, 0) is 30.2 Å². The van der Waals surface area contributed by atoms with Crippen molar-refractivity contribution >= 4 is 23.7 Å². The second-order valence-electron chi connectivity index (χ2n) is 8.53. The summed E-state index contributed by atoms with van der Waals surface area (Å²) in [6, 6.07) is 8.99. The summed E-state index contributed by atoms with van der Waals surface area (Å²) in [5, 5.41) is 45.3. The quantitative estimate of drug-likeness (QED) is 0.154. The Balaban J connectivity index is 2.13. The number of carbonyl (C=O) groups is 4. The molecule has 0 saturated carbocycles. The summed E-state index contributed by atoms with van der Waals surface area (Å²) < 4.78 is 0. The van der Waals surface area contributed by atoms with Crippen LogP contribution in [0.1, 0.15) is 18.1 Å². The number of aliphatic carboxylic acids is 1. The predicted molar refractivity (Wildman–Crippen MR) is 132 cm³/mol. The number of hydrogen-bond acceptors (Lipinski definition) is 8. The van der Waals surface area contributed by atoms with Gasteiger partial charge in [0.1, 0.15) is 29.9 Å². The van der Waals surface area contributed by atoms with Gasteiger partial charge in [-0.25, -0.2) is 4.79 Å². The number of nitrogens with two attached hydrogens (primary N) is 1. The van der Waals surface area contributed by atoms with E-state index in [1.807, 2.05) is 0 Å². The van der Waals surface area contributed by atoms with Crippen molar-refractivity contribution in [3.8, 4) is 5.75 Å². The molecule has 0 fully saturated rings. The van der Waals surface area contributed by atoms with Gasteiger partial charge < -0.3 is 42.1 Å². The fourth-order valence-electron chi connectivity index (χ4n) is 3.35. The van der Waals surface area contributed by atoms with Gasteiger partial charge in [0.05, 0.1) is 12.7 Å². The molecule has 12 nitrogen and oxygen atoms in total. The highest BCUT2D eigenvalue weighted by Crippen LogP contribution is 2.12. The molecule has 0 radical (unpaired) electrons. The first kappa shape index (κ1) is 29.2. The van der Waals surface area contributed by atoms with E-state index in [1.54, 1.807) is 30.3 Å². The van der Waals surface area contributed by atoms with Gasteiger partial charge in [0.15, 0.2) is 0 Å². The molecule has 37 heavy (non-hydrogen) atoms. The number of phenolic OH excluding ortho intramolecular Hbond substituents is 1. The zero-order chi connectivity index (χ0) is 27.5. The minimum atomic E-state index is -1.52. The van der Waals surface area contributed by atoms with Crippen LogP contribution >= 0.6 is 0 Å². The maximum atomic E-state index is 13.0. The number of hydrogen-bond donors (Lipinski definition) is 8. The number of aliphatic hydroxyl groups is 2. The van der Waals surface area contributed by atoms with E-state index in [-0.39, 0.29) is 18.6 Å². The minimum absolute atomic E-state index is 0.00531. The fraction of sp³-hybridized carbons (Fsp3) is 0.360. The molecule has 0 spiro atoms. The summed E-state index contributed by atoms with van der Waals surface area (Å²) in [6.45, 7) is 0.474. The SMILES string of the molecule is CC(O)C(N)C(=O)NC(Cc1ccccc1)C(=O)NC(CO)C(=O)NC(Cc1ccc(O)cc1)C(=O)O. The number of amides is 3. The normalized spacial score (nSPS) is 14.9. The standard InChI is InChI=1S/C25H32N4O8/c1-14(31)21(26)24(35)27-18(11-15-5-3-2-4-6-15)22(33)29-20(13-30)23(34)28-19(25(36)37)12-16-7-9-17(32)10-8-16/h2-10,14,18-21,30-32H,11-13,26H2,1H3,(H,27,35)(H,28,34)(H,29,33)(H,36,37). The van der Waals surface area contributed by atoms with E-state index in [4.69, 9.17) is 5.73 Å². The molecule has 3 amide bonds. The Hall–Kier alpha value is -4.00. The van der Waals surface area contributed by atoms with E-state index < -0.39 is 60.6 Å². The third-order valence-corrected chi connectivity index (χ3v) is 5.54. The molecule has 2 aromatic carbocycles. The van der Waals surface area contributed by atoms with Crippen molar-refractivity contribution in [2.75, 3.05) is 6.61 Å². The van der Waals surface area contributed by atoms with Crippen LogP contribution in [0.2, 0.25) is 0 Å². The van der Waals surface area contributed by atoms with Crippen LogP contribution in [0.4, 0.5) is 0 Å². The molecule has 5 atom stereocenters.